The lowest BCUT2D eigenvalue weighted by molar-refractivity contribution is -0.147. The molecule has 33 heavy (non-hydrogen) atoms. The molecule has 3 heterocycles. The number of fused-ring (bicyclic) bond motifs is 1. The van der Waals surface area contributed by atoms with Crippen LogP contribution >= 0.6 is 0 Å². The second kappa shape index (κ2) is 9.90. The van der Waals surface area contributed by atoms with Crippen molar-refractivity contribution in [2.45, 2.75) is 108 Å². The van der Waals surface area contributed by atoms with E-state index in [1.807, 2.05) is 20.8 Å². The molecule has 1 spiro atoms. The summed E-state index contributed by atoms with van der Waals surface area (Å²) in [7, 11) is 0. The maximum absolute atomic E-state index is 14.0. The first kappa shape index (κ1) is 24.5. The van der Waals surface area contributed by atoms with Crippen molar-refractivity contribution in [2.24, 2.45) is 17.8 Å². The minimum Gasteiger partial charge on any atom is -0.394 e. The number of carbonyl (C=O) groups excluding carboxylic acids is 3. The molecule has 3 aliphatic heterocycles. The zero-order valence-corrected chi connectivity index (χ0v) is 20.3. The van der Waals surface area contributed by atoms with Crippen LogP contribution in [0.2, 0.25) is 0 Å². The summed E-state index contributed by atoms with van der Waals surface area (Å²) < 4.78 is 6.46. The van der Waals surface area contributed by atoms with Gasteiger partial charge in [-0.15, -0.1) is 0 Å². The van der Waals surface area contributed by atoms with Gasteiger partial charge in [0, 0.05) is 12.6 Å². The van der Waals surface area contributed by atoms with E-state index in [0.29, 0.717) is 19.4 Å². The van der Waals surface area contributed by atoms with Gasteiger partial charge in [0.2, 0.25) is 17.7 Å². The van der Waals surface area contributed by atoms with Crippen LogP contribution in [0.1, 0.15) is 78.6 Å². The topological polar surface area (TPSA) is 108 Å². The lowest BCUT2D eigenvalue weighted by atomic mass is 9.70. The Bertz CT molecular complexity index is 754. The van der Waals surface area contributed by atoms with Crippen LogP contribution in [0.5, 0.6) is 0 Å². The quantitative estimate of drug-likeness (QED) is 0.483. The summed E-state index contributed by atoms with van der Waals surface area (Å²) in [6.45, 7) is 6.35. The predicted molar refractivity (Wildman–Crippen MR) is 123 cm³/mol. The third-order valence-electron chi connectivity index (χ3n) is 8.64. The number of likely N-dealkylation sites (tertiary alicyclic amines) is 1. The van der Waals surface area contributed by atoms with Gasteiger partial charge in [0.15, 0.2) is 0 Å². The molecule has 0 aromatic carbocycles. The average molecular weight is 464 g/mol. The lowest BCUT2D eigenvalue weighted by Crippen LogP contribution is -2.60. The minimum absolute atomic E-state index is 0.0173. The third kappa shape index (κ3) is 4.07. The number of carbonyl (C=O) groups is 3. The second-order valence-corrected chi connectivity index (χ2v) is 10.6. The van der Waals surface area contributed by atoms with E-state index in [4.69, 9.17) is 4.74 Å². The van der Waals surface area contributed by atoms with Crippen LogP contribution < -0.4 is 10.6 Å². The molecule has 4 rings (SSSR count). The molecule has 4 fully saturated rings. The third-order valence-corrected chi connectivity index (χ3v) is 8.64. The molecule has 1 aliphatic carbocycles. The van der Waals surface area contributed by atoms with E-state index in [-0.39, 0.29) is 42.4 Å². The Labute approximate surface area is 197 Å². The van der Waals surface area contributed by atoms with Crippen LogP contribution in [-0.4, -0.2) is 70.7 Å². The number of nitrogens with zero attached hydrogens (tertiary/aromatic N) is 1. The largest absolute Gasteiger partial charge is 0.394 e. The van der Waals surface area contributed by atoms with Gasteiger partial charge in [-0.2, -0.15) is 0 Å². The van der Waals surface area contributed by atoms with E-state index in [1.54, 1.807) is 4.90 Å². The van der Waals surface area contributed by atoms with Crippen LogP contribution in [0.4, 0.5) is 0 Å². The van der Waals surface area contributed by atoms with Crippen molar-refractivity contribution in [1.82, 2.24) is 15.5 Å². The molecule has 3 N–H and O–H groups in total. The number of hydrogen-bond acceptors (Lipinski definition) is 5. The summed E-state index contributed by atoms with van der Waals surface area (Å²) >= 11 is 0. The Morgan fingerprint density at radius 3 is 2.55 bits per heavy atom. The summed E-state index contributed by atoms with van der Waals surface area (Å²) in [5.41, 5.74) is -0.990. The molecule has 2 unspecified atom stereocenters. The highest BCUT2D eigenvalue weighted by Gasteiger charge is 2.75. The molecule has 4 aliphatic rings. The minimum atomic E-state index is -0.990. The second-order valence-electron chi connectivity index (χ2n) is 10.6. The molecule has 0 radical (unpaired) electrons. The van der Waals surface area contributed by atoms with E-state index >= 15 is 0 Å². The van der Waals surface area contributed by atoms with Crippen molar-refractivity contribution in [2.75, 3.05) is 13.2 Å². The Kier molecular flexibility index (Phi) is 7.34. The maximum atomic E-state index is 14.0. The van der Waals surface area contributed by atoms with E-state index < -0.39 is 29.5 Å². The Balaban J connectivity index is 1.69. The van der Waals surface area contributed by atoms with Gasteiger partial charge in [-0.1, -0.05) is 46.5 Å². The van der Waals surface area contributed by atoms with Gasteiger partial charge in [0.25, 0.3) is 0 Å². The van der Waals surface area contributed by atoms with Crippen molar-refractivity contribution in [3.8, 4) is 0 Å². The van der Waals surface area contributed by atoms with Crippen molar-refractivity contribution in [1.29, 1.82) is 0 Å². The molecular weight excluding hydrogens is 422 g/mol. The van der Waals surface area contributed by atoms with Crippen molar-refractivity contribution < 1.29 is 24.2 Å². The van der Waals surface area contributed by atoms with Gasteiger partial charge in [-0.3, -0.25) is 14.4 Å². The Hall–Kier alpha value is -1.67. The summed E-state index contributed by atoms with van der Waals surface area (Å²) in [4.78, 5) is 42.5. The highest BCUT2D eigenvalue weighted by molar-refractivity contribution is 5.99. The molecular formula is C25H41N3O5. The fraction of sp³-hybridized carbons (Fsp3) is 0.880. The molecule has 8 heteroatoms. The normalized spacial score (nSPS) is 35.4. The van der Waals surface area contributed by atoms with Crippen LogP contribution in [0.3, 0.4) is 0 Å². The number of nitrogens with one attached hydrogen (secondary N) is 2. The predicted octanol–water partition coefficient (Wildman–Crippen LogP) is 1.74. The zero-order valence-electron chi connectivity index (χ0n) is 20.3. The lowest BCUT2D eigenvalue weighted by Gasteiger charge is -2.39. The molecule has 7 atom stereocenters. The fourth-order valence-electron chi connectivity index (χ4n) is 6.76. The first-order chi connectivity index (χ1) is 15.9. The highest BCUT2D eigenvalue weighted by Crippen LogP contribution is 2.59. The number of ether oxygens (including phenoxy) is 1. The number of rotatable bonds is 9. The van der Waals surface area contributed by atoms with Crippen molar-refractivity contribution in [3.63, 3.8) is 0 Å². The fourth-order valence-corrected chi connectivity index (χ4v) is 6.76. The summed E-state index contributed by atoms with van der Waals surface area (Å²) in [5, 5.41) is 16.5. The van der Waals surface area contributed by atoms with Gasteiger partial charge in [-0.25, -0.2) is 0 Å². The van der Waals surface area contributed by atoms with Crippen LogP contribution in [0.25, 0.3) is 0 Å². The van der Waals surface area contributed by atoms with Gasteiger partial charge in [0.05, 0.1) is 30.6 Å². The molecule has 0 aromatic rings. The SMILES string of the molecule is CCCNC(=O)[C@@H]1[C@@H]2CCC3(O2)C(C(=O)NC2CCCCC2)N([C@@H](CO)[C@@H](C)CC)C(=O)[C@H]13. The number of hydrogen-bond donors (Lipinski definition) is 3. The van der Waals surface area contributed by atoms with Gasteiger partial charge in [-0.05, 0) is 38.0 Å². The van der Waals surface area contributed by atoms with Gasteiger partial charge in [0.1, 0.15) is 11.6 Å². The molecule has 3 amide bonds. The molecule has 3 saturated heterocycles. The van der Waals surface area contributed by atoms with Crippen molar-refractivity contribution >= 4 is 17.7 Å². The first-order valence-corrected chi connectivity index (χ1v) is 13.1. The average Bonchev–Trinajstić information content (AvgIpc) is 3.46. The van der Waals surface area contributed by atoms with E-state index in [2.05, 4.69) is 10.6 Å². The molecule has 0 aromatic heterocycles. The Morgan fingerprint density at radius 1 is 1.18 bits per heavy atom. The van der Waals surface area contributed by atoms with E-state index in [0.717, 1.165) is 38.5 Å². The molecule has 8 nitrogen and oxygen atoms in total. The summed E-state index contributed by atoms with van der Waals surface area (Å²) in [6, 6.07) is -1.18. The molecule has 1 saturated carbocycles. The van der Waals surface area contributed by atoms with Gasteiger partial charge < -0.3 is 25.4 Å². The summed E-state index contributed by atoms with van der Waals surface area (Å²) in [6.07, 6.45) is 7.77. The van der Waals surface area contributed by atoms with Crippen LogP contribution in [0.15, 0.2) is 0 Å². The number of aliphatic hydroxyl groups excluding tert-OH is 1. The Morgan fingerprint density at radius 2 is 1.91 bits per heavy atom. The number of aliphatic hydroxyl groups is 1. The van der Waals surface area contributed by atoms with Crippen molar-refractivity contribution in [3.05, 3.63) is 0 Å². The monoisotopic (exact) mass is 463 g/mol. The number of amides is 3. The standard InChI is InChI=1S/C25H41N3O5/c1-4-13-26-22(30)19-18-11-12-25(33-18)20(19)24(32)28(17(14-29)15(3)5-2)21(25)23(31)27-16-9-7-6-8-10-16/h15-21,29H,4-14H2,1-3H3,(H,26,30)(H,27,31)/t15-,17-,18-,19+,20-,21?,25?/m0/s1. The van der Waals surface area contributed by atoms with E-state index in [9.17, 15) is 19.5 Å². The smallest absolute Gasteiger partial charge is 0.246 e. The van der Waals surface area contributed by atoms with Gasteiger partial charge >= 0.3 is 0 Å². The zero-order chi connectivity index (χ0) is 23.8. The van der Waals surface area contributed by atoms with Crippen LogP contribution in [0, 0.1) is 17.8 Å². The van der Waals surface area contributed by atoms with Crippen LogP contribution in [-0.2, 0) is 19.1 Å². The maximum Gasteiger partial charge on any atom is 0.246 e. The highest BCUT2D eigenvalue weighted by atomic mass is 16.5. The first-order valence-electron chi connectivity index (χ1n) is 13.1. The summed E-state index contributed by atoms with van der Waals surface area (Å²) in [5.74, 6) is -1.79. The molecule has 2 bridgehead atoms. The van der Waals surface area contributed by atoms with E-state index in [1.165, 1.54) is 6.42 Å². The molecule has 186 valence electrons.